The maximum absolute atomic E-state index is 3.47. The molecule has 0 aromatic carbocycles. The van der Waals surface area contributed by atoms with Crippen LogP contribution in [0.5, 0.6) is 0 Å². The molecule has 76 valence electrons. The van der Waals surface area contributed by atoms with Crippen LogP contribution in [0.15, 0.2) is 0 Å². The summed E-state index contributed by atoms with van der Waals surface area (Å²) in [5, 5.41) is 3.47. The van der Waals surface area contributed by atoms with Crippen LogP contribution in [0.3, 0.4) is 0 Å². The smallest absolute Gasteiger partial charge is 0.0235 e. The fraction of sp³-hybridized carbons (Fsp3) is 1.00. The van der Waals surface area contributed by atoms with Crippen LogP contribution in [0.25, 0.3) is 0 Å². The second-order valence-corrected chi connectivity index (χ2v) is 4.84. The van der Waals surface area contributed by atoms with Crippen LogP contribution in [0, 0.1) is 5.92 Å². The largest absolute Gasteiger partial charge is 0.315 e. The molecular weight excluding hydrogens is 160 g/mol. The molecule has 0 amide bonds. The van der Waals surface area contributed by atoms with Gasteiger partial charge in [-0.3, -0.25) is 4.90 Å². The van der Waals surface area contributed by atoms with Crippen LogP contribution in [0.2, 0.25) is 0 Å². The summed E-state index contributed by atoms with van der Waals surface area (Å²) in [6.07, 6.45) is 4.21. The summed E-state index contributed by atoms with van der Waals surface area (Å²) >= 11 is 0. The molecule has 0 radical (unpaired) electrons. The van der Waals surface area contributed by atoms with E-state index in [0.717, 1.165) is 18.0 Å². The third-order valence-electron chi connectivity index (χ3n) is 3.62. The summed E-state index contributed by atoms with van der Waals surface area (Å²) in [5.41, 5.74) is 0. The molecule has 0 aromatic rings. The Bertz CT molecular complexity index is 161. The van der Waals surface area contributed by atoms with E-state index < -0.39 is 0 Å². The number of nitrogens with one attached hydrogen (secondary N) is 1. The molecule has 2 nitrogen and oxygen atoms in total. The molecule has 2 heteroatoms. The molecule has 2 saturated heterocycles. The molecule has 0 unspecified atom stereocenters. The first-order valence-corrected chi connectivity index (χ1v) is 5.75. The zero-order valence-electron chi connectivity index (χ0n) is 8.92. The third-order valence-corrected chi connectivity index (χ3v) is 3.62. The van der Waals surface area contributed by atoms with Crippen molar-refractivity contribution in [1.29, 1.82) is 0 Å². The standard InChI is InChI=1S/C11H22N2/c1-9(2)11-4-3-7-13(11)10-5-6-12-8-10/h9-12H,3-8H2,1-2H3/t10-,11+/m1/s1. The third kappa shape index (κ3) is 1.89. The molecule has 0 aliphatic carbocycles. The SMILES string of the molecule is CC(C)[C@@H]1CCCN1[C@@H]1CCNC1. The average Bonchev–Trinajstić information content (AvgIpc) is 2.74. The van der Waals surface area contributed by atoms with Crippen molar-refractivity contribution in [2.75, 3.05) is 19.6 Å². The number of rotatable bonds is 2. The fourth-order valence-electron chi connectivity index (χ4n) is 2.91. The van der Waals surface area contributed by atoms with E-state index in [1.807, 2.05) is 0 Å². The van der Waals surface area contributed by atoms with Gasteiger partial charge in [0.05, 0.1) is 0 Å². The van der Waals surface area contributed by atoms with Crippen molar-refractivity contribution in [1.82, 2.24) is 10.2 Å². The Morgan fingerprint density at radius 2 is 2.15 bits per heavy atom. The second-order valence-electron chi connectivity index (χ2n) is 4.84. The van der Waals surface area contributed by atoms with E-state index in [9.17, 15) is 0 Å². The van der Waals surface area contributed by atoms with Gasteiger partial charge in [-0.1, -0.05) is 13.8 Å². The van der Waals surface area contributed by atoms with Crippen LogP contribution in [-0.4, -0.2) is 36.6 Å². The molecule has 0 aromatic heterocycles. The van der Waals surface area contributed by atoms with E-state index in [0.29, 0.717) is 0 Å². The van der Waals surface area contributed by atoms with Gasteiger partial charge >= 0.3 is 0 Å². The van der Waals surface area contributed by atoms with Gasteiger partial charge in [0.2, 0.25) is 0 Å². The van der Waals surface area contributed by atoms with E-state index in [4.69, 9.17) is 0 Å². The topological polar surface area (TPSA) is 15.3 Å². The van der Waals surface area contributed by atoms with Crippen molar-refractivity contribution in [2.24, 2.45) is 5.92 Å². The predicted molar refractivity (Wildman–Crippen MR) is 55.8 cm³/mol. The van der Waals surface area contributed by atoms with Gasteiger partial charge in [-0.25, -0.2) is 0 Å². The number of likely N-dealkylation sites (tertiary alicyclic amines) is 1. The Morgan fingerprint density at radius 1 is 1.31 bits per heavy atom. The highest BCUT2D eigenvalue weighted by Crippen LogP contribution is 2.27. The number of hydrogen-bond donors (Lipinski definition) is 1. The fourth-order valence-corrected chi connectivity index (χ4v) is 2.91. The Kier molecular flexibility index (Phi) is 2.89. The minimum atomic E-state index is 0.836. The number of hydrogen-bond acceptors (Lipinski definition) is 2. The molecule has 13 heavy (non-hydrogen) atoms. The first-order chi connectivity index (χ1) is 6.29. The molecule has 0 spiro atoms. The molecule has 0 bridgehead atoms. The predicted octanol–water partition coefficient (Wildman–Crippen LogP) is 1.47. The lowest BCUT2D eigenvalue weighted by atomic mass is 10.0. The van der Waals surface area contributed by atoms with Crippen molar-refractivity contribution in [3.8, 4) is 0 Å². The Labute approximate surface area is 81.7 Å². The van der Waals surface area contributed by atoms with Gasteiger partial charge < -0.3 is 5.32 Å². The molecule has 2 rings (SSSR count). The molecule has 0 saturated carbocycles. The van der Waals surface area contributed by atoms with Gasteiger partial charge in [-0.15, -0.1) is 0 Å². The quantitative estimate of drug-likeness (QED) is 0.695. The van der Waals surface area contributed by atoms with Crippen molar-refractivity contribution >= 4 is 0 Å². The van der Waals surface area contributed by atoms with Gasteiger partial charge in [0, 0.05) is 18.6 Å². The zero-order chi connectivity index (χ0) is 9.26. The van der Waals surface area contributed by atoms with E-state index >= 15 is 0 Å². The molecule has 2 fully saturated rings. The van der Waals surface area contributed by atoms with Gasteiger partial charge in [-0.2, -0.15) is 0 Å². The molecule has 2 aliphatic rings. The second kappa shape index (κ2) is 3.97. The summed E-state index contributed by atoms with van der Waals surface area (Å²) < 4.78 is 0. The van der Waals surface area contributed by atoms with Crippen LogP contribution in [0.1, 0.15) is 33.1 Å². The summed E-state index contributed by atoms with van der Waals surface area (Å²) in [7, 11) is 0. The van der Waals surface area contributed by atoms with Crippen molar-refractivity contribution in [3.05, 3.63) is 0 Å². The summed E-state index contributed by atoms with van der Waals surface area (Å²) in [4.78, 5) is 2.75. The zero-order valence-corrected chi connectivity index (χ0v) is 8.92. The molecule has 2 aliphatic heterocycles. The van der Waals surface area contributed by atoms with Crippen molar-refractivity contribution in [2.45, 2.75) is 45.2 Å². The minimum Gasteiger partial charge on any atom is -0.315 e. The van der Waals surface area contributed by atoms with Gasteiger partial charge in [0.15, 0.2) is 0 Å². The van der Waals surface area contributed by atoms with Gasteiger partial charge in [0.25, 0.3) is 0 Å². The first-order valence-electron chi connectivity index (χ1n) is 5.75. The highest BCUT2D eigenvalue weighted by Gasteiger charge is 2.33. The van der Waals surface area contributed by atoms with Crippen LogP contribution < -0.4 is 5.32 Å². The minimum absolute atomic E-state index is 0.836. The monoisotopic (exact) mass is 182 g/mol. The maximum Gasteiger partial charge on any atom is 0.0235 e. The first kappa shape index (κ1) is 9.47. The van der Waals surface area contributed by atoms with Crippen LogP contribution in [0.4, 0.5) is 0 Å². The van der Waals surface area contributed by atoms with Crippen LogP contribution >= 0.6 is 0 Å². The highest BCUT2D eigenvalue weighted by molar-refractivity contribution is 4.90. The summed E-state index contributed by atoms with van der Waals surface area (Å²) in [5.74, 6) is 0.836. The number of nitrogens with zero attached hydrogens (tertiary/aromatic N) is 1. The van der Waals surface area contributed by atoms with Crippen LogP contribution in [-0.2, 0) is 0 Å². The van der Waals surface area contributed by atoms with E-state index in [2.05, 4.69) is 24.1 Å². The van der Waals surface area contributed by atoms with Gasteiger partial charge in [-0.05, 0) is 38.3 Å². The highest BCUT2D eigenvalue weighted by atomic mass is 15.2. The lowest BCUT2D eigenvalue weighted by Crippen LogP contribution is -2.42. The molecule has 2 atom stereocenters. The van der Waals surface area contributed by atoms with Gasteiger partial charge in [0.1, 0.15) is 0 Å². The Morgan fingerprint density at radius 3 is 2.77 bits per heavy atom. The summed E-state index contributed by atoms with van der Waals surface area (Å²) in [6, 6.07) is 1.71. The maximum atomic E-state index is 3.47. The Hall–Kier alpha value is -0.0800. The van der Waals surface area contributed by atoms with Crippen molar-refractivity contribution in [3.63, 3.8) is 0 Å². The molecule has 2 heterocycles. The molecule has 1 N–H and O–H groups in total. The van der Waals surface area contributed by atoms with E-state index in [1.54, 1.807) is 0 Å². The summed E-state index contributed by atoms with van der Waals surface area (Å²) in [6.45, 7) is 8.53. The lowest BCUT2D eigenvalue weighted by Gasteiger charge is -2.32. The Balaban J connectivity index is 1.96. The normalized spacial score (nSPS) is 36.2. The van der Waals surface area contributed by atoms with Crippen molar-refractivity contribution < 1.29 is 0 Å². The van der Waals surface area contributed by atoms with E-state index in [1.165, 1.54) is 38.9 Å². The molecular formula is C11H22N2. The van der Waals surface area contributed by atoms with E-state index in [-0.39, 0.29) is 0 Å². The lowest BCUT2D eigenvalue weighted by molar-refractivity contribution is 0.155. The average molecular weight is 182 g/mol.